The van der Waals surface area contributed by atoms with Gasteiger partial charge in [-0.05, 0) is 42.3 Å². The largest absolute Gasteiger partial charge is 0.481 e. The predicted molar refractivity (Wildman–Crippen MR) is 155 cm³/mol. The number of piperazine rings is 1. The van der Waals surface area contributed by atoms with E-state index < -0.39 is 11.9 Å². The van der Waals surface area contributed by atoms with E-state index in [1.165, 1.54) is 31.8 Å². The average Bonchev–Trinajstić information content (AvgIpc) is 3.27. The van der Waals surface area contributed by atoms with E-state index in [1.807, 2.05) is 17.5 Å². The Bertz CT molecular complexity index is 1400. The Kier molecular flexibility index (Phi) is 9.54. The third-order valence-corrected chi connectivity index (χ3v) is 8.64. The Balaban J connectivity index is 0.000000386. The van der Waals surface area contributed by atoms with Crippen LogP contribution in [0.3, 0.4) is 0 Å². The summed E-state index contributed by atoms with van der Waals surface area (Å²) >= 11 is 1.98. The highest BCUT2D eigenvalue weighted by Crippen LogP contribution is 2.35. The average molecular weight is 548 g/mol. The number of carboxylic acid groups (broad SMARTS) is 2. The summed E-state index contributed by atoms with van der Waals surface area (Å²) in [7, 11) is 2.27. The summed E-state index contributed by atoms with van der Waals surface area (Å²) in [6.45, 7) is 7.74. The van der Waals surface area contributed by atoms with E-state index in [1.54, 1.807) is 0 Å². The molecule has 1 aliphatic heterocycles. The third-order valence-electron chi connectivity index (χ3n) is 7.18. The Morgan fingerprint density at radius 3 is 2.44 bits per heavy atom. The molecule has 0 spiro atoms. The van der Waals surface area contributed by atoms with Crippen LogP contribution in [0.5, 0.6) is 0 Å². The van der Waals surface area contributed by atoms with Gasteiger partial charge >= 0.3 is 11.9 Å². The highest BCUT2D eigenvalue weighted by molar-refractivity contribution is 7.12. The maximum Gasteiger partial charge on any atom is 0.303 e. The standard InChI is InChI=1S/C27H31N3S.C4H6O4/c1-19(2)25-17-23-24(31-25)12-11-21-10-7-13-28-26(21)27(23)30-15-14-29(3)22(18-30)16-20-8-5-4-6-9-20;5-3(6)1-2-4(7)8/h4-11,13,17,19,22H,12,14-16,18H2,1-3H3;1-2H2,(H,5,6)(H,7,8). The smallest absolute Gasteiger partial charge is 0.303 e. The van der Waals surface area contributed by atoms with Crippen LogP contribution in [0.15, 0.2) is 54.7 Å². The van der Waals surface area contributed by atoms with E-state index in [4.69, 9.17) is 15.2 Å². The van der Waals surface area contributed by atoms with Crippen LogP contribution >= 0.6 is 11.3 Å². The second kappa shape index (κ2) is 13.0. The maximum atomic E-state index is 9.64. The molecule has 206 valence electrons. The Morgan fingerprint density at radius 2 is 1.77 bits per heavy atom. The lowest BCUT2D eigenvalue weighted by Gasteiger charge is -2.41. The molecule has 1 aromatic carbocycles. The molecule has 8 heteroatoms. The number of carbonyl (C=O) groups is 2. The van der Waals surface area contributed by atoms with E-state index in [9.17, 15) is 9.59 Å². The van der Waals surface area contributed by atoms with Crippen LogP contribution in [0, 0.1) is 0 Å². The van der Waals surface area contributed by atoms with Crippen molar-refractivity contribution < 1.29 is 19.8 Å². The summed E-state index contributed by atoms with van der Waals surface area (Å²) in [4.78, 5) is 32.3. The lowest BCUT2D eigenvalue weighted by Crippen LogP contribution is -2.53. The zero-order valence-electron chi connectivity index (χ0n) is 22.8. The fourth-order valence-corrected chi connectivity index (χ4v) is 6.12. The van der Waals surface area contributed by atoms with E-state index in [0.717, 1.165) is 37.8 Å². The zero-order chi connectivity index (χ0) is 27.9. The number of fused-ring (bicyclic) bond motifs is 2. The maximum absolute atomic E-state index is 9.64. The number of aliphatic carboxylic acids is 2. The van der Waals surface area contributed by atoms with Crippen LogP contribution in [0.2, 0.25) is 0 Å². The van der Waals surface area contributed by atoms with Crippen molar-refractivity contribution in [3.8, 4) is 0 Å². The zero-order valence-corrected chi connectivity index (χ0v) is 23.7. The molecule has 7 nitrogen and oxygen atoms in total. The molecule has 0 bridgehead atoms. The minimum Gasteiger partial charge on any atom is -0.481 e. The molecule has 0 radical (unpaired) electrons. The molecule has 1 fully saturated rings. The molecule has 1 saturated heterocycles. The van der Waals surface area contributed by atoms with Gasteiger partial charge in [0.1, 0.15) is 0 Å². The fraction of sp³-hybridized carbons (Fsp3) is 0.387. The van der Waals surface area contributed by atoms with Crippen molar-refractivity contribution in [1.82, 2.24) is 14.8 Å². The molecule has 0 saturated carbocycles. The molecule has 1 aliphatic carbocycles. The van der Waals surface area contributed by atoms with Gasteiger partial charge < -0.3 is 15.1 Å². The first-order valence-electron chi connectivity index (χ1n) is 13.4. The normalized spacial score (nSPS) is 16.9. The highest BCUT2D eigenvalue weighted by Gasteiger charge is 2.29. The number of benzene rings is 1. The van der Waals surface area contributed by atoms with Crippen molar-refractivity contribution in [2.45, 2.75) is 51.5 Å². The van der Waals surface area contributed by atoms with E-state index in [2.05, 4.69) is 85.3 Å². The lowest BCUT2D eigenvalue weighted by atomic mass is 10.0. The van der Waals surface area contributed by atoms with Crippen LogP contribution in [0.4, 0.5) is 0 Å². The molecule has 1 atom stereocenters. The van der Waals surface area contributed by atoms with Crippen molar-refractivity contribution in [3.05, 3.63) is 86.2 Å². The molecular weight excluding hydrogens is 510 g/mol. The number of hydrogen-bond acceptors (Lipinski definition) is 6. The SMILES string of the molecule is CC(C)c1cc2c(s1)CC=c1cccnc1=C2N1CCN(C)C(Cc2ccccc2)C1.O=C(O)CCC(=O)O. The number of carboxylic acids is 2. The van der Waals surface area contributed by atoms with Crippen molar-refractivity contribution in [2.75, 3.05) is 26.7 Å². The highest BCUT2D eigenvalue weighted by atomic mass is 32.1. The van der Waals surface area contributed by atoms with Gasteiger partial charge in [-0.25, -0.2) is 0 Å². The minimum absolute atomic E-state index is 0.296. The van der Waals surface area contributed by atoms with Gasteiger partial charge in [0.25, 0.3) is 0 Å². The molecule has 3 aromatic rings. The first-order chi connectivity index (χ1) is 18.7. The van der Waals surface area contributed by atoms with Gasteiger partial charge in [-0.3, -0.25) is 19.5 Å². The van der Waals surface area contributed by atoms with Crippen LogP contribution in [0.1, 0.15) is 53.5 Å². The summed E-state index contributed by atoms with van der Waals surface area (Å²) < 4.78 is 0. The van der Waals surface area contributed by atoms with Gasteiger partial charge in [-0.2, -0.15) is 0 Å². The van der Waals surface area contributed by atoms with Crippen LogP contribution in [-0.2, 0) is 22.4 Å². The van der Waals surface area contributed by atoms with E-state index in [-0.39, 0.29) is 12.8 Å². The first kappa shape index (κ1) is 28.5. The Labute approximate surface area is 233 Å². The van der Waals surface area contributed by atoms with Crippen LogP contribution in [-0.4, -0.2) is 69.7 Å². The Hall–Kier alpha value is -3.49. The molecule has 2 aromatic heterocycles. The topological polar surface area (TPSA) is 94.0 Å². The predicted octanol–water partition coefficient (Wildman–Crippen LogP) is 3.55. The number of pyridine rings is 1. The van der Waals surface area contributed by atoms with Crippen molar-refractivity contribution in [3.63, 3.8) is 0 Å². The summed E-state index contributed by atoms with van der Waals surface area (Å²) in [5.74, 6) is -1.60. The monoisotopic (exact) mass is 547 g/mol. The van der Waals surface area contributed by atoms with Crippen LogP contribution in [0.25, 0.3) is 11.8 Å². The second-order valence-electron chi connectivity index (χ2n) is 10.4. The molecule has 5 rings (SSSR count). The molecule has 2 aliphatic rings. The number of aromatic nitrogens is 1. The fourth-order valence-electron chi connectivity index (χ4n) is 4.99. The molecule has 1 unspecified atom stereocenters. The quantitative estimate of drug-likeness (QED) is 0.467. The molecule has 0 amide bonds. The Morgan fingerprint density at radius 1 is 1.05 bits per heavy atom. The summed E-state index contributed by atoms with van der Waals surface area (Å²) in [5.41, 5.74) is 4.16. The van der Waals surface area contributed by atoms with E-state index in [0.29, 0.717) is 12.0 Å². The van der Waals surface area contributed by atoms with Crippen molar-refractivity contribution in [2.24, 2.45) is 0 Å². The number of thiophene rings is 1. The molecule has 39 heavy (non-hydrogen) atoms. The van der Waals surface area contributed by atoms with Gasteiger partial charge in [-0.1, -0.05) is 56.3 Å². The first-order valence-corrected chi connectivity index (χ1v) is 14.3. The number of nitrogens with zero attached hydrogens (tertiary/aromatic N) is 3. The summed E-state index contributed by atoms with van der Waals surface area (Å²) in [6, 6.07) is 18.1. The molecular formula is C31H37N3O4S. The minimum atomic E-state index is -1.08. The third kappa shape index (κ3) is 7.34. The van der Waals surface area contributed by atoms with E-state index >= 15 is 0 Å². The van der Waals surface area contributed by atoms with Crippen molar-refractivity contribution in [1.29, 1.82) is 0 Å². The second-order valence-corrected chi connectivity index (χ2v) is 11.6. The van der Waals surface area contributed by atoms with Gasteiger partial charge in [0.05, 0.1) is 23.9 Å². The molecule has 2 N–H and O–H groups in total. The van der Waals surface area contributed by atoms with Crippen LogP contribution < -0.4 is 10.6 Å². The summed E-state index contributed by atoms with van der Waals surface area (Å²) in [5, 5.41) is 18.2. The van der Waals surface area contributed by atoms with Crippen molar-refractivity contribution >= 4 is 35.0 Å². The van der Waals surface area contributed by atoms with Gasteiger partial charge in [0.15, 0.2) is 0 Å². The van der Waals surface area contributed by atoms with Gasteiger partial charge in [-0.15, -0.1) is 11.3 Å². The number of hydrogen-bond donors (Lipinski definition) is 2. The van der Waals surface area contributed by atoms with Gasteiger partial charge in [0.2, 0.25) is 0 Å². The lowest BCUT2D eigenvalue weighted by molar-refractivity contribution is -0.143. The van der Waals surface area contributed by atoms with Gasteiger partial charge in [0, 0.05) is 53.6 Å². The molecule has 3 heterocycles. The summed E-state index contributed by atoms with van der Waals surface area (Å²) in [6.07, 6.45) is 5.80. The number of likely N-dealkylation sites (N-methyl/N-ethyl adjacent to an activating group) is 1. The number of rotatable bonds is 7.